The summed E-state index contributed by atoms with van der Waals surface area (Å²) < 4.78 is 0. The quantitative estimate of drug-likeness (QED) is 0.275. The Morgan fingerprint density at radius 3 is 2.20 bits per heavy atom. The van der Waals surface area contributed by atoms with Crippen molar-refractivity contribution < 1.29 is 0 Å². The van der Waals surface area contributed by atoms with Crippen molar-refractivity contribution in [1.29, 1.82) is 0 Å². The molecule has 5 aromatic rings. The molecule has 1 heteroatoms. The molecule has 0 radical (unpaired) electrons. The van der Waals surface area contributed by atoms with Gasteiger partial charge in [0.15, 0.2) is 0 Å². The topological polar surface area (TPSA) is 12.9 Å². The van der Waals surface area contributed by atoms with Crippen molar-refractivity contribution in [3.63, 3.8) is 0 Å². The number of rotatable bonds is 0. The molecule has 1 aromatic heterocycles. The van der Waals surface area contributed by atoms with Gasteiger partial charge in [0.25, 0.3) is 0 Å². The van der Waals surface area contributed by atoms with Crippen LogP contribution >= 0.6 is 0 Å². The van der Waals surface area contributed by atoms with Crippen LogP contribution in [0.2, 0.25) is 0 Å². The highest BCUT2D eigenvalue weighted by molar-refractivity contribution is 6.28. The first-order chi connectivity index (χ1) is 9.92. The lowest BCUT2D eigenvalue weighted by molar-refractivity contribution is 1.39. The van der Waals surface area contributed by atoms with E-state index >= 15 is 0 Å². The maximum atomic E-state index is 4.33. The molecule has 0 N–H and O–H groups in total. The molecule has 4 aromatic carbocycles. The zero-order chi connectivity index (χ0) is 13.1. The lowest BCUT2D eigenvalue weighted by Crippen LogP contribution is -1.86. The van der Waals surface area contributed by atoms with Gasteiger partial charge in [0.05, 0.1) is 0 Å². The van der Waals surface area contributed by atoms with Gasteiger partial charge in [-0.2, -0.15) is 0 Å². The normalized spacial score (nSPS) is 12.0. The first-order valence-corrected chi connectivity index (χ1v) is 6.82. The second-order valence-electron chi connectivity index (χ2n) is 5.34. The summed E-state index contributed by atoms with van der Waals surface area (Å²) in [5.74, 6) is 0. The van der Waals surface area contributed by atoms with E-state index in [1.807, 2.05) is 12.4 Å². The van der Waals surface area contributed by atoms with Gasteiger partial charge in [-0.05, 0) is 33.0 Å². The van der Waals surface area contributed by atoms with E-state index in [0.717, 1.165) is 0 Å². The molecular formula is C19H11N. The maximum Gasteiger partial charge on any atom is 0.0347 e. The molecule has 0 unspecified atom stereocenters. The van der Waals surface area contributed by atoms with Crippen molar-refractivity contribution in [3.05, 3.63) is 67.0 Å². The molecule has 92 valence electrons. The van der Waals surface area contributed by atoms with Gasteiger partial charge >= 0.3 is 0 Å². The van der Waals surface area contributed by atoms with Crippen LogP contribution in [0.5, 0.6) is 0 Å². The van der Waals surface area contributed by atoms with Gasteiger partial charge in [-0.15, -0.1) is 0 Å². The Kier molecular flexibility index (Phi) is 1.75. The second-order valence-corrected chi connectivity index (χ2v) is 5.34. The van der Waals surface area contributed by atoms with Crippen molar-refractivity contribution in [3.8, 4) is 0 Å². The van der Waals surface area contributed by atoms with Crippen molar-refractivity contribution in [2.45, 2.75) is 0 Å². The number of nitrogens with zero attached hydrogens (tertiary/aromatic N) is 1. The Bertz CT molecular complexity index is 1080. The summed E-state index contributed by atoms with van der Waals surface area (Å²) in [7, 11) is 0. The molecule has 0 aliphatic rings. The van der Waals surface area contributed by atoms with Crippen molar-refractivity contribution >= 4 is 43.1 Å². The molecule has 5 rings (SSSR count). The van der Waals surface area contributed by atoms with Gasteiger partial charge < -0.3 is 0 Å². The largest absolute Gasteiger partial charge is 0.263 e. The van der Waals surface area contributed by atoms with Crippen LogP contribution in [-0.2, 0) is 0 Å². The van der Waals surface area contributed by atoms with Crippen LogP contribution in [0.25, 0.3) is 43.1 Å². The van der Waals surface area contributed by atoms with E-state index in [1.54, 1.807) is 0 Å². The van der Waals surface area contributed by atoms with Gasteiger partial charge in [-0.25, -0.2) is 0 Å². The summed E-state index contributed by atoms with van der Waals surface area (Å²) in [5, 5.41) is 10.4. The first kappa shape index (κ1) is 10.2. The molecule has 0 aliphatic carbocycles. The van der Waals surface area contributed by atoms with Gasteiger partial charge in [0.2, 0.25) is 0 Å². The van der Waals surface area contributed by atoms with Crippen LogP contribution in [0.4, 0.5) is 0 Å². The van der Waals surface area contributed by atoms with E-state index in [2.05, 4.69) is 59.6 Å². The van der Waals surface area contributed by atoms with Crippen LogP contribution in [0.3, 0.4) is 0 Å². The molecular weight excluding hydrogens is 242 g/mol. The molecule has 0 bridgehead atoms. The van der Waals surface area contributed by atoms with Gasteiger partial charge in [-0.1, -0.05) is 48.5 Å². The minimum atomic E-state index is 1.22. The second kappa shape index (κ2) is 3.45. The molecule has 1 nitrogen and oxygen atoms in total. The summed E-state index contributed by atoms with van der Waals surface area (Å²) in [6, 6.07) is 19.7. The zero-order valence-electron chi connectivity index (χ0n) is 10.8. The number of hydrogen-bond donors (Lipinski definition) is 0. The maximum absolute atomic E-state index is 4.33. The average molecular weight is 253 g/mol. The van der Waals surface area contributed by atoms with Crippen molar-refractivity contribution in [2.24, 2.45) is 0 Å². The van der Waals surface area contributed by atoms with E-state index in [0.29, 0.717) is 0 Å². The predicted molar refractivity (Wildman–Crippen MR) is 85.4 cm³/mol. The summed E-state index contributed by atoms with van der Waals surface area (Å²) in [6.45, 7) is 0. The number of pyridine rings is 1. The Balaban J connectivity index is 2.23. The molecule has 20 heavy (non-hydrogen) atoms. The van der Waals surface area contributed by atoms with Crippen LogP contribution in [0, 0.1) is 0 Å². The number of aromatic nitrogens is 1. The number of hydrogen-bond acceptors (Lipinski definition) is 1. The molecule has 0 fully saturated rings. The van der Waals surface area contributed by atoms with E-state index < -0.39 is 0 Å². The monoisotopic (exact) mass is 253 g/mol. The van der Waals surface area contributed by atoms with Crippen LogP contribution in [0.15, 0.2) is 67.0 Å². The fourth-order valence-corrected chi connectivity index (χ4v) is 3.37. The summed E-state index contributed by atoms with van der Waals surface area (Å²) in [4.78, 5) is 4.33. The smallest absolute Gasteiger partial charge is 0.0347 e. The molecule has 0 atom stereocenters. The third kappa shape index (κ3) is 1.15. The average Bonchev–Trinajstić information content (AvgIpc) is 2.52. The molecule has 0 saturated carbocycles. The SMILES string of the molecule is c1ccc2c(c1)cc1ccc3cncc4ccc2c1c34. The Hall–Kier alpha value is -2.67. The zero-order valence-corrected chi connectivity index (χ0v) is 10.8. The number of benzene rings is 4. The van der Waals surface area contributed by atoms with Gasteiger partial charge in [0, 0.05) is 28.6 Å². The van der Waals surface area contributed by atoms with Crippen LogP contribution in [-0.4, -0.2) is 4.98 Å². The van der Waals surface area contributed by atoms with Crippen molar-refractivity contribution in [2.75, 3.05) is 0 Å². The molecule has 0 aliphatic heterocycles. The molecule has 0 amide bonds. The van der Waals surface area contributed by atoms with Crippen LogP contribution < -0.4 is 0 Å². The summed E-state index contributed by atoms with van der Waals surface area (Å²) in [6.07, 6.45) is 3.91. The van der Waals surface area contributed by atoms with Crippen molar-refractivity contribution in [1.82, 2.24) is 4.98 Å². The van der Waals surface area contributed by atoms with E-state index in [1.165, 1.54) is 43.1 Å². The fourth-order valence-electron chi connectivity index (χ4n) is 3.37. The minimum absolute atomic E-state index is 1.22. The lowest BCUT2D eigenvalue weighted by atomic mass is 9.92. The van der Waals surface area contributed by atoms with E-state index in [4.69, 9.17) is 0 Å². The summed E-state index contributed by atoms with van der Waals surface area (Å²) >= 11 is 0. The van der Waals surface area contributed by atoms with E-state index in [9.17, 15) is 0 Å². The third-order valence-corrected chi connectivity index (χ3v) is 4.25. The Morgan fingerprint density at radius 2 is 1.30 bits per heavy atom. The highest BCUT2D eigenvalue weighted by atomic mass is 14.6. The Labute approximate surface area is 115 Å². The highest BCUT2D eigenvalue weighted by Crippen LogP contribution is 2.37. The third-order valence-electron chi connectivity index (χ3n) is 4.25. The number of fused-ring (bicyclic) bond motifs is 2. The Morgan fingerprint density at radius 1 is 0.550 bits per heavy atom. The predicted octanol–water partition coefficient (Wildman–Crippen LogP) is 5.13. The van der Waals surface area contributed by atoms with Crippen LogP contribution in [0.1, 0.15) is 0 Å². The standard InChI is InChI=1S/C19H11N/c1-2-4-16-12(3-1)9-13-5-6-14-10-20-11-15-7-8-17(16)19(13)18(14)15/h1-11H. The lowest BCUT2D eigenvalue weighted by Gasteiger charge is -2.12. The highest BCUT2D eigenvalue weighted by Gasteiger charge is 2.10. The van der Waals surface area contributed by atoms with Gasteiger partial charge in [-0.3, -0.25) is 4.98 Å². The first-order valence-electron chi connectivity index (χ1n) is 6.82. The summed E-state index contributed by atoms with van der Waals surface area (Å²) in [5.41, 5.74) is 0. The fraction of sp³-hybridized carbons (Fsp3) is 0. The molecule has 1 heterocycles. The molecule has 0 spiro atoms. The molecule has 0 saturated heterocycles. The van der Waals surface area contributed by atoms with E-state index in [-0.39, 0.29) is 0 Å². The minimum Gasteiger partial charge on any atom is -0.263 e. The van der Waals surface area contributed by atoms with Gasteiger partial charge in [0.1, 0.15) is 0 Å².